The quantitative estimate of drug-likeness (QED) is 0.754. The monoisotopic (exact) mass is 335 g/mol. The van der Waals surface area contributed by atoms with Crippen molar-refractivity contribution in [1.82, 2.24) is 5.32 Å². The third kappa shape index (κ3) is 5.71. The van der Waals surface area contributed by atoms with E-state index in [1.54, 1.807) is 31.4 Å². The normalized spacial score (nSPS) is 10.0. The van der Waals surface area contributed by atoms with Crippen molar-refractivity contribution < 1.29 is 19.0 Å². The third-order valence-electron chi connectivity index (χ3n) is 2.93. The molecule has 0 saturated heterocycles. The highest BCUT2D eigenvalue weighted by Gasteiger charge is 2.04. The number of ether oxygens (including phenoxy) is 3. The van der Waals surface area contributed by atoms with Crippen LogP contribution in [0, 0.1) is 0 Å². The molecule has 0 aliphatic heterocycles. The number of amides is 1. The van der Waals surface area contributed by atoms with E-state index in [0.717, 1.165) is 0 Å². The van der Waals surface area contributed by atoms with Gasteiger partial charge >= 0.3 is 0 Å². The fourth-order valence-corrected chi connectivity index (χ4v) is 1.95. The molecule has 0 radical (unpaired) electrons. The van der Waals surface area contributed by atoms with Gasteiger partial charge in [-0.3, -0.25) is 4.79 Å². The molecule has 5 nitrogen and oxygen atoms in total. The molecule has 23 heavy (non-hydrogen) atoms. The Morgan fingerprint density at radius 1 is 1.04 bits per heavy atom. The molecule has 2 rings (SSSR count). The van der Waals surface area contributed by atoms with Crippen molar-refractivity contribution in [3.05, 3.63) is 53.6 Å². The van der Waals surface area contributed by atoms with Gasteiger partial charge in [0.25, 0.3) is 5.91 Å². The molecule has 1 amide bonds. The summed E-state index contributed by atoms with van der Waals surface area (Å²) in [4.78, 5) is 11.7. The zero-order valence-electron chi connectivity index (χ0n) is 12.8. The zero-order valence-corrected chi connectivity index (χ0v) is 13.5. The van der Waals surface area contributed by atoms with E-state index in [0.29, 0.717) is 35.4 Å². The molecule has 2 aromatic rings. The summed E-state index contributed by atoms with van der Waals surface area (Å²) in [6, 6.07) is 14.2. The second-order valence-electron chi connectivity index (χ2n) is 4.59. The van der Waals surface area contributed by atoms with E-state index in [1.807, 2.05) is 24.3 Å². The molecule has 2 aromatic carbocycles. The Morgan fingerprint density at radius 3 is 2.43 bits per heavy atom. The maximum Gasteiger partial charge on any atom is 0.258 e. The highest BCUT2D eigenvalue weighted by molar-refractivity contribution is 6.30. The van der Waals surface area contributed by atoms with Crippen LogP contribution in [0.25, 0.3) is 0 Å². The number of halogens is 1. The highest BCUT2D eigenvalue weighted by Crippen LogP contribution is 2.25. The zero-order chi connectivity index (χ0) is 16.5. The number of rotatable bonds is 8. The molecule has 0 aliphatic rings. The highest BCUT2D eigenvalue weighted by atomic mass is 35.5. The van der Waals surface area contributed by atoms with Crippen molar-refractivity contribution in [2.24, 2.45) is 0 Å². The second kappa shape index (κ2) is 8.90. The van der Waals surface area contributed by atoms with E-state index in [4.69, 9.17) is 25.8 Å². The van der Waals surface area contributed by atoms with Crippen LogP contribution in [0.15, 0.2) is 48.5 Å². The van der Waals surface area contributed by atoms with E-state index in [-0.39, 0.29) is 12.5 Å². The predicted octanol–water partition coefficient (Wildman–Crippen LogP) is 2.92. The first-order valence-corrected chi connectivity index (χ1v) is 7.47. The number of methoxy groups -OCH3 is 1. The van der Waals surface area contributed by atoms with Crippen LogP contribution < -0.4 is 19.5 Å². The third-order valence-corrected chi connectivity index (χ3v) is 3.19. The minimum Gasteiger partial charge on any atom is -0.493 e. The number of carbonyl (C=O) groups is 1. The summed E-state index contributed by atoms with van der Waals surface area (Å²) in [6.07, 6.45) is 0. The van der Waals surface area contributed by atoms with Gasteiger partial charge in [0.1, 0.15) is 12.4 Å². The van der Waals surface area contributed by atoms with Crippen molar-refractivity contribution in [2.45, 2.75) is 0 Å². The summed E-state index contributed by atoms with van der Waals surface area (Å²) in [5.74, 6) is 1.67. The maximum absolute atomic E-state index is 11.7. The van der Waals surface area contributed by atoms with Gasteiger partial charge in [0.05, 0.1) is 13.7 Å². The Labute approximate surface area is 140 Å². The van der Waals surface area contributed by atoms with E-state index < -0.39 is 0 Å². The summed E-state index contributed by atoms with van der Waals surface area (Å²) in [6.45, 7) is 0.657. The molecule has 0 saturated carbocycles. The molecule has 0 bridgehead atoms. The number of benzene rings is 2. The SMILES string of the molecule is COc1ccccc1OCCNC(=O)COc1ccc(Cl)cc1. The van der Waals surface area contributed by atoms with Crippen molar-refractivity contribution in [1.29, 1.82) is 0 Å². The van der Waals surface area contributed by atoms with Crippen LogP contribution in [0.4, 0.5) is 0 Å². The Bertz CT molecular complexity index is 631. The van der Waals surface area contributed by atoms with E-state index in [2.05, 4.69) is 5.32 Å². The van der Waals surface area contributed by atoms with E-state index in [1.165, 1.54) is 0 Å². The predicted molar refractivity (Wildman–Crippen MR) is 88.4 cm³/mol. The van der Waals surface area contributed by atoms with Gasteiger partial charge in [-0.15, -0.1) is 0 Å². The van der Waals surface area contributed by atoms with E-state index in [9.17, 15) is 4.79 Å². The van der Waals surface area contributed by atoms with Gasteiger partial charge in [0.2, 0.25) is 0 Å². The van der Waals surface area contributed by atoms with Crippen LogP contribution >= 0.6 is 11.6 Å². The summed E-state index contributed by atoms with van der Waals surface area (Å²) in [5, 5.41) is 3.34. The minimum absolute atomic E-state index is 0.0592. The molecule has 0 aromatic heterocycles. The van der Waals surface area contributed by atoms with Crippen LogP contribution in [0.1, 0.15) is 0 Å². The lowest BCUT2D eigenvalue weighted by Crippen LogP contribution is -2.32. The molecular weight excluding hydrogens is 318 g/mol. The number of hydrogen-bond donors (Lipinski definition) is 1. The molecule has 6 heteroatoms. The summed E-state index contributed by atoms with van der Waals surface area (Å²) in [5.41, 5.74) is 0. The van der Waals surface area contributed by atoms with Crippen molar-refractivity contribution in [3.8, 4) is 17.2 Å². The van der Waals surface area contributed by atoms with Crippen molar-refractivity contribution in [2.75, 3.05) is 26.9 Å². The Kier molecular flexibility index (Phi) is 6.56. The molecule has 0 heterocycles. The van der Waals surface area contributed by atoms with Gasteiger partial charge < -0.3 is 19.5 Å². The van der Waals surface area contributed by atoms with Crippen molar-refractivity contribution >= 4 is 17.5 Å². The number of carbonyl (C=O) groups excluding carboxylic acids is 1. The van der Waals surface area contributed by atoms with Crippen LogP contribution in [0.5, 0.6) is 17.2 Å². The first kappa shape index (κ1) is 17.0. The van der Waals surface area contributed by atoms with Gasteiger partial charge in [0, 0.05) is 5.02 Å². The standard InChI is InChI=1S/C17H18ClNO4/c1-21-15-4-2-3-5-16(15)22-11-10-19-17(20)12-23-14-8-6-13(18)7-9-14/h2-9H,10-12H2,1H3,(H,19,20). The molecule has 0 unspecified atom stereocenters. The topological polar surface area (TPSA) is 56.8 Å². The molecule has 0 atom stereocenters. The smallest absolute Gasteiger partial charge is 0.258 e. The van der Waals surface area contributed by atoms with Gasteiger partial charge in [-0.25, -0.2) is 0 Å². The lowest BCUT2D eigenvalue weighted by molar-refractivity contribution is -0.123. The van der Waals surface area contributed by atoms with Gasteiger partial charge in [-0.2, -0.15) is 0 Å². The average Bonchev–Trinajstić information content (AvgIpc) is 2.58. The number of para-hydroxylation sites is 2. The lowest BCUT2D eigenvalue weighted by atomic mass is 10.3. The Hall–Kier alpha value is -2.40. The Balaban J connectivity index is 1.66. The van der Waals surface area contributed by atoms with Gasteiger partial charge in [0.15, 0.2) is 18.1 Å². The fourth-order valence-electron chi connectivity index (χ4n) is 1.82. The molecular formula is C17H18ClNO4. The summed E-state index contributed by atoms with van der Waals surface area (Å²) >= 11 is 5.77. The number of hydrogen-bond acceptors (Lipinski definition) is 4. The van der Waals surface area contributed by atoms with Gasteiger partial charge in [-0.1, -0.05) is 23.7 Å². The van der Waals surface area contributed by atoms with Crippen molar-refractivity contribution in [3.63, 3.8) is 0 Å². The molecule has 0 fully saturated rings. The molecule has 0 spiro atoms. The molecule has 122 valence electrons. The van der Waals surface area contributed by atoms with Gasteiger partial charge in [-0.05, 0) is 36.4 Å². The van der Waals surface area contributed by atoms with Crippen LogP contribution in [-0.2, 0) is 4.79 Å². The number of nitrogens with one attached hydrogen (secondary N) is 1. The lowest BCUT2D eigenvalue weighted by Gasteiger charge is -2.11. The first-order valence-electron chi connectivity index (χ1n) is 7.10. The van der Waals surface area contributed by atoms with E-state index >= 15 is 0 Å². The fraction of sp³-hybridized carbons (Fsp3) is 0.235. The first-order chi connectivity index (χ1) is 11.2. The van der Waals surface area contributed by atoms with Crippen LogP contribution in [0.2, 0.25) is 5.02 Å². The average molecular weight is 336 g/mol. The summed E-state index contributed by atoms with van der Waals surface area (Å²) < 4.78 is 16.1. The van der Waals surface area contributed by atoms with Crippen LogP contribution in [0.3, 0.4) is 0 Å². The Morgan fingerprint density at radius 2 is 1.74 bits per heavy atom. The second-order valence-corrected chi connectivity index (χ2v) is 5.03. The largest absolute Gasteiger partial charge is 0.493 e. The maximum atomic E-state index is 11.7. The summed E-state index contributed by atoms with van der Waals surface area (Å²) in [7, 11) is 1.58. The molecule has 1 N–H and O–H groups in total. The molecule has 0 aliphatic carbocycles. The minimum atomic E-state index is -0.219. The van der Waals surface area contributed by atoms with Crippen LogP contribution in [-0.4, -0.2) is 32.8 Å².